The maximum atomic E-state index is 12.2. The van der Waals surface area contributed by atoms with Crippen LogP contribution in [0.25, 0.3) is 0 Å². The van der Waals surface area contributed by atoms with Crippen LogP contribution in [0.15, 0.2) is 0 Å². The minimum atomic E-state index is -4.13. The van der Waals surface area contributed by atoms with Crippen LogP contribution in [0.3, 0.4) is 0 Å². The molecule has 2 rings (SSSR count). The number of amides is 1. The van der Waals surface area contributed by atoms with E-state index in [0.29, 0.717) is 38.6 Å². The van der Waals surface area contributed by atoms with Gasteiger partial charge in [-0.15, -0.1) is 0 Å². The van der Waals surface area contributed by atoms with Gasteiger partial charge in [0, 0.05) is 32.1 Å². The van der Waals surface area contributed by atoms with E-state index < -0.39 is 12.7 Å². The van der Waals surface area contributed by atoms with E-state index in [2.05, 4.69) is 10.6 Å². The lowest BCUT2D eigenvalue weighted by Gasteiger charge is -2.18. The maximum absolute atomic E-state index is 12.2. The number of hydrogen-bond donors (Lipinski definition) is 2. The third-order valence-corrected chi connectivity index (χ3v) is 3.72. The highest BCUT2D eigenvalue weighted by Crippen LogP contribution is 2.22. The second-order valence-electron chi connectivity index (χ2n) is 5.79. The molecule has 0 spiro atoms. The minimum absolute atomic E-state index is 0.0209. The predicted octanol–water partition coefficient (Wildman–Crippen LogP) is 1.13. The van der Waals surface area contributed by atoms with Crippen LogP contribution in [0, 0.1) is 5.92 Å². The molecule has 1 aliphatic heterocycles. The summed E-state index contributed by atoms with van der Waals surface area (Å²) in [6, 6.07) is 0.591. The Morgan fingerprint density at radius 3 is 2.65 bits per heavy atom. The molecule has 1 saturated carbocycles. The van der Waals surface area contributed by atoms with E-state index in [4.69, 9.17) is 0 Å². The third kappa shape index (κ3) is 6.09. The summed E-state index contributed by atoms with van der Waals surface area (Å²) in [5.74, 6) is 0.116. The van der Waals surface area contributed by atoms with Crippen molar-refractivity contribution in [1.29, 1.82) is 0 Å². The first-order valence-electron chi connectivity index (χ1n) is 7.21. The largest absolute Gasteiger partial charge is 0.401 e. The van der Waals surface area contributed by atoms with Gasteiger partial charge in [-0.1, -0.05) is 0 Å². The van der Waals surface area contributed by atoms with Crippen LogP contribution in [0.1, 0.15) is 25.7 Å². The van der Waals surface area contributed by atoms with Crippen molar-refractivity contribution < 1.29 is 18.0 Å². The fourth-order valence-corrected chi connectivity index (χ4v) is 2.50. The van der Waals surface area contributed by atoms with Gasteiger partial charge in [0.2, 0.25) is 5.91 Å². The first kappa shape index (κ1) is 15.6. The highest BCUT2D eigenvalue weighted by atomic mass is 19.4. The summed E-state index contributed by atoms with van der Waals surface area (Å²) >= 11 is 0. The molecule has 7 heteroatoms. The molecule has 1 saturated heterocycles. The van der Waals surface area contributed by atoms with E-state index in [1.54, 1.807) is 0 Å². The molecular weight excluding hydrogens is 271 g/mol. The molecule has 4 nitrogen and oxygen atoms in total. The molecule has 1 atom stereocenters. The van der Waals surface area contributed by atoms with E-state index >= 15 is 0 Å². The second kappa shape index (κ2) is 6.76. The molecule has 1 aliphatic carbocycles. The molecule has 1 unspecified atom stereocenters. The van der Waals surface area contributed by atoms with Gasteiger partial charge in [0.05, 0.1) is 6.54 Å². The van der Waals surface area contributed by atoms with Crippen LogP contribution in [0.5, 0.6) is 0 Å². The molecule has 2 fully saturated rings. The number of halogens is 3. The summed E-state index contributed by atoms with van der Waals surface area (Å²) in [5, 5.41) is 6.07. The number of nitrogens with one attached hydrogen (secondary N) is 2. The van der Waals surface area contributed by atoms with Crippen molar-refractivity contribution in [3.63, 3.8) is 0 Å². The number of likely N-dealkylation sites (tertiary alicyclic amines) is 1. The minimum Gasteiger partial charge on any atom is -0.356 e. The Hall–Kier alpha value is -0.820. The molecular formula is C13H22F3N3O. The lowest BCUT2D eigenvalue weighted by atomic mass is 10.1. The molecule has 2 aliphatic rings. The smallest absolute Gasteiger partial charge is 0.356 e. The van der Waals surface area contributed by atoms with Crippen molar-refractivity contribution >= 4 is 5.91 Å². The van der Waals surface area contributed by atoms with Crippen LogP contribution in [0.2, 0.25) is 0 Å². The standard InChI is InChI=1S/C13H22F3N3O/c14-13(15,16)9-19-6-4-10(8-19)7-18-12(20)3-5-17-11-1-2-11/h10-11,17H,1-9H2,(H,18,20). The van der Waals surface area contributed by atoms with E-state index in [9.17, 15) is 18.0 Å². The monoisotopic (exact) mass is 293 g/mol. The molecule has 0 aromatic heterocycles. The molecule has 0 bridgehead atoms. The zero-order chi connectivity index (χ0) is 14.6. The molecule has 2 N–H and O–H groups in total. The van der Waals surface area contributed by atoms with E-state index in [1.807, 2.05) is 0 Å². The second-order valence-corrected chi connectivity index (χ2v) is 5.79. The van der Waals surface area contributed by atoms with Gasteiger partial charge >= 0.3 is 6.18 Å². The highest BCUT2D eigenvalue weighted by Gasteiger charge is 2.34. The Morgan fingerprint density at radius 1 is 1.25 bits per heavy atom. The molecule has 0 aromatic rings. The maximum Gasteiger partial charge on any atom is 0.401 e. The lowest BCUT2D eigenvalue weighted by molar-refractivity contribution is -0.143. The Morgan fingerprint density at radius 2 is 2.00 bits per heavy atom. The molecule has 0 radical (unpaired) electrons. The van der Waals surface area contributed by atoms with Crippen molar-refractivity contribution in [2.75, 3.05) is 32.7 Å². The molecule has 20 heavy (non-hydrogen) atoms. The zero-order valence-electron chi connectivity index (χ0n) is 11.5. The lowest BCUT2D eigenvalue weighted by Crippen LogP contribution is -2.35. The molecule has 0 aromatic carbocycles. The summed E-state index contributed by atoms with van der Waals surface area (Å²) in [7, 11) is 0. The normalized spacial score (nSPS) is 24.1. The highest BCUT2D eigenvalue weighted by molar-refractivity contribution is 5.76. The van der Waals surface area contributed by atoms with Gasteiger partial charge < -0.3 is 10.6 Å². The van der Waals surface area contributed by atoms with Gasteiger partial charge in [-0.2, -0.15) is 13.2 Å². The Kier molecular flexibility index (Phi) is 5.26. The van der Waals surface area contributed by atoms with E-state index in [-0.39, 0.29) is 11.8 Å². The van der Waals surface area contributed by atoms with Gasteiger partial charge in [-0.25, -0.2) is 0 Å². The zero-order valence-corrected chi connectivity index (χ0v) is 11.5. The van der Waals surface area contributed by atoms with Crippen molar-refractivity contribution in [2.45, 2.75) is 37.9 Å². The quantitative estimate of drug-likeness (QED) is 0.739. The number of carbonyl (C=O) groups is 1. The SMILES string of the molecule is O=C(CCNC1CC1)NCC1CCN(CC(F)(F)F)C1. The van der Waals surface area contributed by atoms with Crippen molar-refractivity contribution in [2.24, 2.45) is 5.92 Å². The first-order chi connectivity index (χ1) is 9.42. The topological polar surface area (TPSA) is 44.4 Å². The Balaban J connectivity index is 1.54. The van der Waals surface area contributed by atoms with Gasteiger partial charge in [0.25, 0.3) is 0 Å². The van der Waals surface area contributed by atoms with E-state index in [1.165, 1.54) is 17.7 Å². The Labute approximate surface area is 117 Å². The third-order valence-electron chi connectivity index (χ3n) is 3.72. The van der Waals surface area contributed by atoms with Crippen LogP contribution < -0.4 is 10.6 Å². The van der Waals surface area contributed by atoms with Crippen molar-refractivity contribution in [3.8, 4) is 0 Å². The van der Waals surface area contributed by atoms with Crippen LogP contribution in [0.4, 0.5) is 13.2 Å². The van der Waals surface area contributed by atoms with Crippen molar-refractivity contribution in [3.05, 3.63) is 0 Å². The van der Waals surface area contributed by atoms with Gasteiger partial charge in [-0.3, -0.25) is 9.69 Å². The van der Waals surface area contributed by atoms with E-state index in [0.717, 1.165) is 6.42 Å². The van der Waals surface area contributed by atoms with Crippen LogP contribution in [-0.4, -0.2) is 55.7 Å². The summed E-state index contributed by atoms with van der Waals surface area (Å²) in [5.41, 5.74) is 0. The van der Waals surface area contributed by atoms with Gasteiger partial charge in [0.1, 0.15) is 0 Å². The van der Waals surface area contributed by atoms with Crippen molar-refractivity contribution in [1.82, 2.24) is 15.5 Å². The average molecular weight is 293 g/mol. The number of rotatable bonds is 7. The molecule has 1 amide bonds. The summed E-state index contributed by atoms with van der Waals surface area (Å²) in [4.78, 5) is 13.0. The molecule has 1 heterocycles. The number of nitrogens with zero attached hydrogens (tertiary/aromatic N) is 1. The van der Waals surface area contributed by atoms with Gasteiger partial charge in [0.15, 0.2) is 0 Å². The number of carbonyl (C=O) groups excluding carboxylic acids is 1. The number of hydrogen-bond acceptors (Lipinski definition) is 3. The molecule has 116 valence electrons. The Bertz CT molecular complexity index is 331. The predicted molar refractivity (Wildman–Crippen MR) is 69.3 cm³/mol. The fraction of sp³-hybridized carbons (Fsp3) is 0.923. The fourth-order valence-electron chi connectivity index (χ4n) is 2.50. The number of alkyl halides is 3. The summed E-state index contributed by atoms with van der Waals surface area (Å²) in [6.45, 7) is 1.20. The van der Waals surface area contributed by atoms with Gasteiger partial charge in [-0.05, 0) is 31.7 Å². The van der Waals surface area contributed by atoms with Crippen LogP contribution in [-0.2, 0) is 4.79 Å². The first-order valence-corrected chi connectivity index (χ1v) is 7.21. The van der Waals surface area contributed by atoms with Crippen LogP contribution >= 0.6 is 0 Å². The average Bonchev–Trinajstić information content (AvgIpc) is 3.05. The summed E-state index contributed by atoms with van der Waals surface area (Å²) < 4.78 is 36.7. The summed E-state index contributed by atoms with van der Waals surface area (Å²) in [6.07, 6.45) is -0.587.